The molecule has 11 nitrogen and oxygen atoms in total. The minimum absolute atomic E-state index is 0.0573. The van der Waals surface area contributed by atoms with E-state index in [2.05, 4.69) is 30.3 Å². The second kappa shape index (κ2) is 10.9. The van der Waals surface area contributed by atoms with E-state index in [-0.39, 0.29) is 28.0 Å². The number of aromatic hydroxyl groups is 1. The first kappa shape index (κ1) is 26.4. The predicted molar refractivity (Wildman–Crippen MR) is 152 cm³/mol. The number of nitrogens with one attached hydrogen (secondary N) is 3. The molecule has 5 rings (SSSR count). The van der Waals surface area contributed by atoms with Gasteiger partial charge in [-0.25, -0.2) is 18.4 Å². The highest BCUT2D eigenvalue weighted by Gasteiger charge is 2.20. The minimum Gasteiger partial charge on any atom is -0.508 e. The maximum atomic E-state index is 13.5. The molecule has 0 bridgehead atoms. The zero-order valence-electron chi connectivity index (χ0n) is 21.4. The zero-order valence-corrected chi connectivity index (χ0v) is 22.2. The van der Waals surface area contributed by atoms with Gasteiger partial charge in [0.05, 0.1) is 28.6 Å². The van der Waals surface area contributed by atoms with E-state index < -0.39 is 15.9 Å². The van der Waals surface area contributed by atoms with Gasteiger partial charge in [-0.2, -0.15) is 0 Å². The average Bonchev–Trinajstić information content (AvgIpc) is 2.93. The van der Waals surface area contributed by atoms with Gasteiger partial charge < -0.3 is 20.5 Å². The molecule has 0 fully saturated rings. The number of pyridine rings is 1. The number of rotatable bonds is 8. The molecule has 5 aromatic rings. The van der Waals surface area contributed by atoms with Crippen LogP contribution >= 0.6 is 0 Å². The van der Waals surface area contributed by atoms with Crippen molar-refractivity contribution in [2.24, 2.45) is 0 Å². The summed E-state index contributed by atoms with van der Waals surface area (Å²) in [5, 5.41) is 15.8. The van der Waals surface area contributed by atoms with Crippen molar-refractivity contribution < 1.29 is 23.1 Å². The van der Waals surface area contributed by atoms with Crippen molar-refractivity contribution in [1.82, 2.24) is 15.0 Å². The number of hydrogen-bond acceptors (Lipinski definition) is 9. The van der Waals surface area contributed by atoms with E-state index in [0.29, 0.717) is 33.7 Å². The molecule has 12 heteroatoms. The Hall–Kier alpha value is -5.23. The molecule has 40 heavy (non-hydrogen) atoms. The van der Waals surface area contributed by atoms with E-state index in [0.717, 1.165) is 0 Å². The lowest BCUT2D eigenvalue weighted by atomic mass is 10.2. The van der Waals surface area contributed by atoms with E-state index in [1.54, 1.807) is 61.7 Å². The number of aromatic nitrogens is 3. The second-order valence-electron chi connectivity index (χ2n) is 8.68. The lowest BCUT2D eigenvalue weighted by Gasteiger charge is -2.15. The lowest BCUT2D eigenvalue weighted by molar-refractivity contribution is 0.102. The monoisotopic (exact) mass is 556 g/mol. The van der Waals surface area contributed by atoms with Crippen LogP contribution in [0.15, 0.2) is 90.0 Å². The Kier molecular flexibility index (Phi) is 7.17. The van der Waals surface area contributed by atoms with Crippen LogP contribution in [-0.2, 0) is 10.0 Å². The first-order chi connectivity index (χ1) is 19.2. The van der Waals surface area contributed by atoms with Gasteiger partial charge in [-0.15, -0.1) is 0 Å². The topological polar surface area (TPSA) is 155 Å². The summed E-state index contributed by atoms with van der Waals surface area (Å²) in [5.41, 5.74) is 2.59. The number of hydrogen-bond donors (Lipinski definition) is 4. The molecule has 4 N–H and O–H groups in total. The first-order valence-corrected chi connectivity index (χ1v) is 13.5. The number of fused-ring (bicyclic) bond motifs is 1. The fraction of sp³-hybridized carbons (Fsp3) is 0.0714. The highest BCUT2D eigenvalue weighted by atomic mass is 32.2. The number of benzene rings is 3. The van der Waals surface area contributed by atoms with Crippen molar-refractivity contribution in [2.45, 2.75) is 11.8 Å². The Morgan fingerprint density at radius 1 is 0.875 bits per heavy atom. The van der Waals surface area contributed by atoms with Crippen LogP contribution in [0.25, 0.3) is 11.0 Å². The number of carbonyl (C=O) groups is 1. The summed E-state index contributed by atoms with van der Waals surface area (Å²) in [6, 6.07) is 20.6. The molecule has 0 aliphatic carbocycles. The molecule has 2 heterocycles. The van der Waals surface area contributed by atoms with Gasteiger partial charge in [-0.1, -0.05) is 18.2 Å². The number of methoxy groups -OCH3 is 1. The van der Waals surface area contributed by atoms with E-state index in [1.807, 2.05) is 0 Å². The Morgan fingerprint density at radius 3 is 2.35 bits per heavy atom. The highest BCUT2D eigenvalue weighted by Crippen LogP contribution is 2.31. The lowest BCUT2D eigenvalue weighted by Crippen LogP contribution is -2.17. The average molecular weight is 557 g/mol. The van der Waals surface area contributed by atoms with E-state index in [4.69, 9.17) is 4.74 Å². The van der Waals surface area contributed by atoms with Gasteiger partial charge in [-0.3, -0.25) is 14.5 Å². The minimum atomic E-state index is -4.18. The third kappa shape index (κ3) is 5.76. The number of para-hydroxylation sites is 2. The van der Waals surface area contributed by atoms with E-state index in [1.165, 1.54) is 37.4 Å². The van der Waals surface area contributed by atoms with Gasteiger partial charge in [0.2, 0.25) is 0 Å². The van der Waals surface area contributed by atoms with Crippen LogP contribution in [0.2, 0.25) is 0 Å². The molecule has 0 spiro atoms. The van der Waals surface area contributed by atoms with Crippen LogP contribution in [0.4, 0.5) is 23.0 Å². The summed E-state index contributed by atoms with van der Waals surface area (Å²) >= 11 is 0. The van der Waals surface area contributed by atoms with Gasteiger partial charge >= 0.3 is 0 Å². The van der Waals surface area contributed by atoms with Gasteiger partial charge in [0.1, 0.15) is 11.5 Å². The summed E-state index contributed by atoms with van der Waals surface area (Å²) < 4.78 is 34.6. The summed E-state index contributed by atoms with van der Waals surface area (Å²) in [4.78, 5) is 25.8. The van der Waals surface area contributed by atoms with Gasteiger partial charge in [0.15, 0.2) is 11.6 Å². The largest absolute Gasteiger partial charge is 0.508 e. The Labute approximate surface area is 230 Å². The maximum absolute atomic E-state index is 13.5. The highest BCUT2D eigenvalue weighted by molar-refractivity contribution is 7.92. The number of phenolic OH excluding ortho intramolecular Hbond substituents is 1. The Morgan fingerprint density at radius 2 is 1.62 bits per heavy atom. The number of sulfonamides is 1. The Balaban J connectivity index is 1.47. The molecule has 0 aliphatic rings. The Bertz CT molecular complexity index is 1850. The van der Waals surface area contributed by atoms with Crippen molar-refractivity contribution >= 4 is 50.0 Å². The summed E-state index contributed by atoms with van der Waals surface area (Å²) in [6.45, 7) is 1.71. The zero-order chi connectivity index (χ0) is 28.3. The van der Waals surface area contributed by atoms with Crippen molar-refractivity contribution in [3.8, 4) is 11.5 Å². The predicted octanol–water partition coefficient (Wildman–Crippen LogP) is 4.84. The normalized spacial score (nSPS) is 11.2. The SMILES string of the molecule is COc1cc(O)cc(Nc2nc3ccccc3nc2NS(=O)(=O)c2cccc(NC(=O)c3cccnc3C)c2)c1. The summed E-state index contributed by atoms with van der Waals surface area (Å²) in [7, 11) is -2.72. The number of phenols is 1. The number of carbonyl (C=O) groups excluding carboxylic acids is 1. The van der Waals surface area contributed by atoms with Crippen LogP contribution in [0, 0.1) is 6.92 Å². The maximum Gasteiger partial charge on any atom is 0.263 e. The molecule has 2 aromatic heterocycles. The molecule has 0 atom stereocenters. The van der Waals surface area contributed by atoms with Crippen molar-refractivity contribution in [3.63, 3.8) is 0 Å². The van der Waals surface area contributed by atoms with Crippen molar-refractivity contribution in [2.75, 3.05) is 22.5 Å². The smallest absolute Gasteiger partial charge is 0.263 e. The van der Waals surface area contributed by atoms with E-state index in [9.17, 15) is 18.3 Å². The third-order valence-electron chi connectivity index (χ3n) is 5.85. The number of anilines is 4. The van der Waals surface area contributed by atoms with Crippen LogP contribution in [0.5, 0.6) is 11.5 Å². The van der Waals surface area contributed by atoms with E-state index >= 15 is 0 Å². The summed E-state index contributed by atoms with van der Waals surface area (Å²) in [6.07, 6.45) is 1.58. The second-order valence-corrected chi connectivity index (χ2v) is 10.4. The molecule has 202 valence electrons. The standard InChI is InChI=1S/C28H24N6O5S/c1-17-23(9-6-12-29-17)28(36)31-18-7-5-8-22(15-18)40(37,38)34-27-26(32-24-10-3-4-11-25(24)33-27)30-19-13-20(35)16-21(14-19)39-2/h3-16,35H,1-2H3,(H,30,32)(H,31,36)(H,33,34). The molecule has 0 radical (unpaired) electrons. The van der Waals surface area contributed by atoms with Crippen molar-refractivity contribution in [3.05, 3.63) is 96.3 Å². The van der Waals surface area contributed by atoms with Gasteiger partial charge in [-0.05, 0) is 49.4 Å². The van der Waals surface area contributed by atoms with Gasteiger partial charge in [0.25, 0.3) is 15.9 Å². The van der Waals surface area contributed by atoms with Gasteiger partial charge in [0, 0.05) is 41.5 Å². The number of amides is 1. The molecular weight excluding hydrogens is 532 g/mol. The number of nitrogens with zero attached hydrogens (tertiary/aromatic N) is 3. The molecule has 1 amide bonds. The van der Waals surface area contributed by atoms with Crippen LogP contribution in [0.1, 0.15) is 16.1 Å². The summed E-state index contributed by atoms with van der Waals surface area (Å²) in [5.74, 6) is -0.0498. The fourth-order valence-electron chi connectivity index (χ4n) is 3.92. The fourth-order valence-corrected chi connectivity index (χ4v) is 4.97. The van der Waals surface area contributed by atoms with Crippen LogP contribution < -0.4 is 20.1 Å². The molecule has 3 aromatic carbocycles. The molecule has 0 aliphatic heterocycles. The quantitative estimate of drug-likeness (QED) is 0.210. The first-order valence-electron chi connectivity index (χ1n) is 12.0. The molecule has 0 unspecified atom stereocenters. The van der Waals surface area contributed by atoms with Crippen LogP contribution in [-0.4, -0.2) is 41.5 Å². The number of ether oxygens (including phenoxy) is 1. The molecular formula is C28H24N6O5S. The molecule has 0 saturated carbocycles. The number of aryl methyl sites for hydroxylation is 1. The third-order valence-corrected chi connectivity index (χ3v) is 7.18. The molecule has 0 saturated heterocycles. The van der Waals surface area contributed by atoms with Crippen molar-refractivity contribution in [1.29, 1.82) is 0 Å². The van der Waals surface area contributed by atoms with Crippen LogP contribution in [0.3, 0.4) is 0 Å².